The highest BCUT2D eigenvalue weighted by Gasteiger charge is 2.45. The molecule has 1 spiro atoms. The Balaban J connectivity index is 1.51. The molecule has 0 aromatic rings. The van der Waals surface area contributed by atoms with Gasteiger partial charge >= 0.3 is 0 Å². The van der Waals surface area contributed by atoms with E-state index in [9.17, 15) is 4.39 Å². The summed E-state index contributed by atoms with van der Waals surface area (Å²) < 4.78 is 14.6. The van der Waals surface area contributed by atoms with Gasteiger partial charge in [0.25, 0.3) is 0 Å². The number of piperidine rings is 1. The third-order valence-electron chi connectivity index (χ3n) is 6.61. The average molecular weight is 281 g/mol. The Kier molecular flexibility index (Phi) is 4.14. The molecule has 2 heteroatoms. The van der Waals surface area contributed by atoms with Gasteiger partial charge in [0.2, 0.25) is 0 Å². The van der Waals surface area contributed by atoms with E-state index in [0.29, 0.717) is 17.3 Å². The molecule has 2 aliphatic carbocycles. The topological polar surface area (TPSA) is 3.24 Å². The van der Waals surface area contributed by atoms with E-state index in [4.69, 9.17) is 0 Å². The predicted octanol–water partition coefficient (Wildman–Crippen LogP) is 4.66. The van der Waals surface area contributed by atoms with Crippen molar-refractivity contribution in [3.63, 3.8) is 0 Å². The SMILES string of the molecule is CC1CC2(CCN(C3CCC(C(C)C)CC3F)CC2)C1. The maximum Gasteiger partial charge on any atom is 0.116 e. The molecule has 3 atom stereocenters. The van der Waals surface area contributed by atoms with Gasteiger partial charge in [0.1, 0.15) is 6.17 Å². The van der Waals surface area contributed by atoms with Crippen molar-refractivity contribution in [2.75, 3.05) is 13.1 Å². The fraction of sp³-hybridized carbons (Fsp3) is 1.00. The molecule has 1 aliphatic heterocycles. The highest BCUT2D eigenvalue weighted by Crippen LogP contribution is 2.52. The van der Waals surface area contributed by atoms with Gasteiger partial charge in [-0.2, -0.15) is 0 Å². The molecule has 3 rings (SSSR count). The van der Waals surface area contributed by atoms with E-state index in [1.165, 1.54) is 32.1 Å². The van der Waals surface area contributed by atoms with Gasteiger partial charge in [-0.1, -0.05) is 20.8 Å². The van der Waals surface area contributed by atoms with Crippen LogP contribution in [0.15, 0.2) is 0 Å². The molecule has 20 heavy (non-hydrogen) atoms. The molecule has 3 fully saturated rings. The van der Waals surface area contributed by atoms with Gasteiger partial charge in [0.15, 0.2) is 0 Å². The van der Waals surface area contributed by atoms with Crippen LogP contribution in [0.2, 0.25) is 0 Å². The summed E-state index contributed by atoms with van der Waals surface area (Å²) in [6.45, 7) is 9.19. The summed E-state index contributed by atoms with van der Waals surface area (Å²) >= 11 is 0. The molecular weight excluding hydrogens is 249 g/mol. The zero-order valence-corrected chi connectivity index (χ0v) is 13.6. The Hall–Kier alpha value is -0.110. The number of hydrogen-bond donors (Lipinski definition) is 0. The summed E-state index contributed by atoms with van der Waals surface area (Å²) in [5.41, 5.74) is 0.664. The smallest absolute Gasteiger partial charge is 0.116 e. The highest BCUT2D eigenvalue weighted by atomic mass is 19.1. The molecule has 3 unspecified atom stereocenters. The zero-order chi connectivity index (χ0) is 14.3. The molecule has 0 aromatic carbocycles. The minimum Gasteiger partial charge on any atom is -0.297 e. The van der Waals surface area contributed by atoms with Crippen LogP contribution in [-0.4, -0.2) is 30.2 Å². The Labute approximate surface area is 124 Å². The molecule has 1 nitrogen and oxygen atoms in total. The highest BCUT2D eigenvalue weighted by molar-refractivity contribution is 4.98. The van der Waals surface area contributed by atoms with Crippen LogP contribution in [0.1, 0.15) is 65.7 Å². The third kappa shape index (κ3) is 2.77. The second-order valence-corrected chi connectivity index (χ2v) is 8.45. The van der Waals surface area contributed by atoms with Gasteiger partial charge in [0, 0.05) is 6.04 Å². The van der Waals surface area contributed by atoms with Gasteiger partial charge in [-0.25, -0.2) is 4.39 Å². The van der Waals surface area contributed by atoms with E-state index in [2.05, 4.69) is 25.7 Å². The van der Waals surface area contributed by atoms with Crippen molar-refractivity contribution in [2.45, 2.75) is 77.9 Å². The predicted molar refractivity (Wildman–Crippen MR) is 82.5 cm³/mol. The maximum atomic E-state index is 14.6. The van der Waals surface area contributed by atoms with Crippen LogP contribution < -0.4 is 0 Å². The lowest BCUT2D eigenvalue weighted by molar-refractivity contribution is -0.0417. The van der Waals surface area contributed by atoms with Crippen molar-refractivity contribution in [2.24, 2.45) is 23.2 Å². The number of halogens is 1. The van der Waals surface area contributed by atoms with Crippen LogP contribution in [0, 0.1) is 23.2 Å². The first-order valence-corrected chi connectivity index (χ1v) is 8.87. The minimum absolute atomic E-state index is 0.236. The van der Waals surface area contributed by atoms with Crippen molar-refractivity contribution in [3.05, 3.63) is 0 Å². The van der Waals surface area contributed by atoms with E-state index in [0.717, 1.165) is 31.8 Å². The quantitative estimate of drug-likeness (QED) is 0.711. The second-order valence-electron chi connectivity index (χ2n) is 8.45. The first-order valence-electron chi connectivity index (χ1n) is 8.87. The Morgan fingerprint density at radius 3 is 2.25 bits per heavy atom. The number of hydrogen-bond acceptors (Lipinski definition) is 1. The van der Waals surface area contributed by atoms with Crippen LogP contribution in [0.25, 0.3) is 0 Å². The molecule has 0 amide bonds. The normalized spacial score (nSPS) is 39.1. The summed E-state index contributed by atoms with van der Waals surface area (Å²) in [4.78, 5) is 2.50. The van der Waals surface area contributed by atoms with Crippen LogP contribution >= 0.6 is 0 Å². The Morgan fingerprint density at radius 2 is 1.75 bits per heavy atom. The van der Waals surface area contributed by atoms with Crippen LogP contribution in [0.3, 0.4) is 0 Å². The van der Waals surface area contributed by atoms with E-state index in [1.54, 1.807) is 0 Å². The van der Waals surface area contributed by atoms with Crippen molar-refractivity contribution in [3.8, 4) is 0 Å². The molecule has 0 bridgehead atoms. The van der Waals surface area contributed by atoms with Gasteiger partial charge in [-0.05, 0) is 81.2 Å². The summed E-state index contributed by atoms with van der Waals surface area (Å²) in [6.07, 6.45) is 8.07. The molecule has 0 radical (unpaired) electrons. The first kappa shape index (κ1) is 14.8. The van der Waals surface area contributed by atoms with Crippen molar-refractivity contribution < 1.29 is 4.39 Å². The summed E-state index contributed by atoms with van der Waals surface area (Å²) in [7, 11) is 0. The lowest BCUT2D eigenvalue weighted by Gasteiger charge is -2.53. The average Bonchev–Trinajstić information content (AvgIpc) is 2.38. The summed E-state index contributed by atoms with van der Waals surface area (Å²) in [6, 6.07) is 0.236. The number of rotatable bonds is 2. The molecule has 116 valence electrons. The second kappa shape index (κ2) is 5.59. The maximum absolute atomic E-state index is 14.6. The van der Waals surface area contributed by atoms with Crippen LogP contribution in [-0.2, 0) is 0 Å². The zero-order valence-electron chi connectivity index (χ0n) is 13.6. The van der Waals surface area contributed by atoms with E-state index < -0.39 is 6.17 Å². The van der Waals surface area contributed by atoms with Crippen LogP contribution in [0.4, 0.5) is 4.39 Å². The molecule has 3 aliphatic rings. The first-order chi connectivity index (χ1) is 9.49. The van der Waals surface area contributed by atoms with Crippen LogP contribution in [0.5, 0.6) is 0 Å². The van der Waals surface area contributed by atoms with Crippen molar-refractivity contribution >= 4 is 0 Å². The van der Waals surface area contributed by atoms with E-state index >= 15 is 0 Å². The standard InChI is InChI=1S/C18H32FN/c1-13(2)15-4-5-17(16(19)10-15)20-8-6-18(7-9-20)11-14(3)12-18/h13-17H,4-12H2,1-3H3. The lowest BCUT2D eigenvalue weighted by atomic mass is 9.58. The van der Waals surface area contributed by atoms with Gasteiger partial charge < -0.3 is 0 Å². The molecule has 2 saturated carbocycles. The molecular formula is C18H32FN. The number of alkyl halides is 1. The Bertz CT molecular complexity index is 324. The van der Waals surface area contributed by atoms with E-state index in [-0.39, 0.29) is 6.04 Å². The number of nitrogens with zero attached hydrogens (tertiary/aromatic N) is 1. The Morgan fingerprint density at radius 1 is 1.10 bits per heavy atom. The fourth-order valence-corrected chi connectivity index (χ4v) is 5.30. The molecule has 1 saturated heterocycles. The fourth-order valence-electron chi connectivity index (χ4n) is 5.30. The van der Waals surface area contributed by atoms with Crippen molar-refractivity contribution in [1.82, 2.24) is 4.90 Å². The molecule has 0 N–H and O–H groups in total. The summed E-state index contributed by atoms with van der Waals surface area (Å²) in [5, 5.41) is 0. The van der Waals surface area contributed by atoms with E-state index in [1.807, 2.05) is 0 Å². The lowest BCUT2D eigenvalue weighted by Crippen LogP contribution is -2.53. The molecule has 1 heterocycles. The summed E-state index contributed by atoms with van der Waals surface area (Å²) in [5.74, 6) is 2.21. The van der Waals surface area contributed by atoms with Crippen molar-refractivity contribution in [1.29, 1.82) is 0 Å². The van der Waals surface area contributed by atoms with Gasteiger partial charge in [0.05, 0.1) is 0 Å². The minimum atomic E-state index is -0.578. The monoisotopic (exact) mass is 281 g/mol. The van der Waals surface area contributed by atoms with Gasteiger partial charge in [-0.3, -0.25) is 4.90 Å². The third-order valence-corrected chi connectivity index (χ3v) is 6.61. The molecule has 0 aromatic heterocycles. The largest absolute Gasteiger partial charge is 0.297 e. The number of likely N-dealkylation sites (tertiary alicyclic amines) is 1. The van der Waals surface area contributed by atoms with Gasteiger partial charge in [-0.15, -0.1) is 0 Å².